The number of nitrogens with zero attached hydrogens (tertiary/aromatic N) is 1. The quantitative estimate of drug-likeness (QED) is 0.795. The van der Waals surface area contributed by atoms with Crippen molar-refractivity contribution < 1.29 is 9.59 Å². The van der Waals surface area contributed by atoms with Crippen molar-refractivity contribution in [2.45, 2.75) is 13.5 Å². The van der Waals surface area contributed by atoms with Gasteiger partial charge in [-0.2, -0.15) is 0 Å². The number of benzene rings is 2. The molecule has 0 aliphatic rings. The largest absolute Gasteiger partial charge is 0.349 e. The SMILES string of the molecule is C=CCNC(=O)c1ccc(C(=O)N(CC)Cc2ccccc2)cc1. The third-order valence-corrected chi connectivity index (χ3v) is 3.69. The Bertz CT molecular complexity index is 693. The van der Waals surface area contributed by atoms with Crippen LogP contribution in [0.25, 0.3) is 0 Å². The van der Waals surface area contributed by atoms with Crippen LogP contribution in [0.1, 0.15) is 33.2 Å². The Morgan fingerprint density at radius 2 is 1.67 bits per heavy atom. The van der Waals surface area contributed by atoms with Crippen LogP contribution in [-0.4, -0.2) is 29.8 Å². The maximum atomic E-state index is 12.6. The Morgan fingerprint density at radius 3 is 2.25 bits per heavy atom. The molecule has 0 atom stereocenters. The number of amides is 2. The minimum Gasteiger partial charge on any atom is -0.349 e. The highest BCUT2D eigenvalue weighted by atomic mass is 16.2. The first kappa shape index (κ1) is 17.5. The number of hydrogen-bond acceptors (Lipinski definition) is 2. The first-order chi connectivity index (χ1) is 11.7. The molecule has 0 spiro atoms. The number of carbonyl (C=O) groups excluding carboxylic acids is 2. The Kier molecular flexibility index (Phi) is 6.32. The lowest BCUT2D eigenvalue weighted by Gasteiger charge is -2.21. The van der Waals surface area contributed by atoms with Gasteiger partial charge in [0.2, 0.25) is 0 Å². The zero-order chi connectivity index (χ0) is 17.4. The van der Waals surface area contributed by atoms with Gasteiger partial charge in [0.1, 0.15) is 0 Å². The molecule has 0 saturated heterocycles. The highest BCUT2D eigenvalue weighted by Crippen LogP contribution is 2.11. The Hall–Kier alpha value is -2.88. The van der Waals surface area contributed by atoms with E-state index in [0.717, 1.165) is 5.56 Å². The van der Waals surface area contributed by atoms with E-state index in [0.29, 0.717) is 30.8 Å². The van der Waals surface area contributed by atoms with Crippen molar-refractivity contribution in [1.29, 1.82) is 0 Å². The van der Waals surface area contributed by atoms with E-state index in [4.69, 9.17) is 0 Å². The topological polar surface area (TPSA) is 49.4 Å². The van der Waals surface area contributed by atoms with Crippen molar-refractivity contribution in [3.8, 4) is 0 Å². The summed E-state index contributed by atoms with van der Waals surface area (Å²) in [5.74, 6) is -0.218. The lowest BCUT2D eigenvalue weighted by molar-refractivity contribution is 0.0752. The first-order valence-electron chi connectivity index (χ1n) is 7.98. The summed E-state index contributed by atoms with van der Waals surface area (Å²) >= 11 is 0. The van der Waals surface area contributed by atoms with Crippen molar-refractivity contribution in [1.82, 2.24) is 10.2 Å². The van der Waals surface area contributed by atoms with Gasteiger partial charge in [0.15, 0.2) is 0 Å². The van der Waals surface area contributed by atoms with Crippen LogP contribution in [-0.2, 0) is 6.54 Å². The molecule has 4 nitrogen and oxygen atoms in total. The summed E-state index contributed by atoms with van der Waals surface area (Å²) in [6, 6.07) is 16.6. The van der Waals surface area contributed by atoms with Crippen molar-refractivity contribution in [3.63, 3.8) is 0 Å². The molecule has 0 bridgehead atoms. The average Bonchev–Trinajstić information content (AvgIpc) is 2.64. The minimum atomic E-state index is -0.175. The predicted octanol–water partition coefficient (Wildman–Crippen LogP) is 3.26. The molecule has 2 rings (SSSR count). The van der Waals surface area contributed by atoms with Gasteiger partial charge in [-0.3, -0.25) is 9.59 Å². The van der Waals surface area contributed by atoms with Crippen LogP contribution in [0.2, 0.25) is 0 Å². The van der Waals surface area contributed by atoms with E-state index in [1.54, 1.807) is 35.2 Å². The molecule has 0 heterocycles. The summed E-state index contributed by atoms with van der Waals surface area (Å²) < 4.78 is 0. The van der Waals surface area contributed by atoms with Crippen LogP contribution in [0.15, 0.2) is 67.3 Å². The second-order valence-corrected chi connectivity index (χ2v) is 5.38. The maximum absolute atomic E-state index is 12.6. The Balaban J connectivity index is 2.07. The predicted molar refractivity (Wildman–Crippen MR) is 95.8 cm³/mol. The van der Waals surface area contributed by atoms with Crippen LogP contribution in [0.5, 0.6) is 0 Å². The molecule has 0 fully saturated rings. The summed E-state index contributed by atoms with van der Waals surface area (Å²) in [7, 11) is 0. The van der Waals surface area contributed by atoms with E-state index in [1.165, 1.54) is 0 Å². The molecule has 124 valence electrons. The third-order valence-electron chi connectivity index (χ3n) is 3.69. The van der Waals surface area contributed by atoms with Gasteiger partial charge in [0, 0.05) is 30.8 Å². The van der Waals surface area contributed by atoms with Crippen molar-refractivity contribution in [3.05, 3.63) is 83.9 Å². The van der Waals surface area contributed by atoms with E-state index < -0.39 is 0 Å². The van der Waals surface area contributed by atoms with Gasteiger partial charge < -0.3 is 10.2 Å². The van der Waals surface area contributed by atoms with Gasteiger partial charge >= 0.3 is 0 Å². The minimum absolute atomic E-state index is 0.0422. The molecule has 2 amide bonds. The van der Waals surface area contributed by atoms with E-state index in [1.807, 2.05) is 37.3 Å². The Morgan fingerprint density at radius 1 is 1.04 bits per heavy atom. The zero-order valence-corrected chi connectivity index (χ0v) is 13.9. The Labute approximate surface area is 142 Å². The normalized spacial score (nSPS) is 10.0. The van der Waals surface area contributed by atoms with Crippen LogP contribution >= 0.6 is 0 Å². The molecule has 1 N–H and O–H groups in total. The van der Waals surface area contributed by atoms with E-state index in [-0.39, 0.29) is 11.8 Å². The molecule has 0 saturated carbocycles. The molecule has 2 aromatic carbocycles. The van der Waals surface area contributed by atoms with Crippen LogP contribution in [0, 0.1) is 0 Å². The highest BCUT2D eigenvalue weighted by Gasteiger charge is 2.15. The fraction of sp³-hybridized carbons (Fsp3) is 0.200. The van der Waals surface area contributed by atoms with Crippen LogP contribution in [0.3, 0.4) is 0 Å². The monoisotopic (exact) mass is 322 g/mol. The molecule has 2 aromatic rings. The molecule has 0 aliphatic heterocycles. The van der Waals surface area contributed by atoms with Crippen molar-refractivity contribution in [2.24, 2.45) is 0 Å². The third kappa shape index (κ3) is 4.56. The van der Waals surface area contributed by atoms with Crippen molar-refractivity contribution in [2.75, 3.05) is 13.1 Å². The molecule has 0 radical (unpaired) electrons. The van der Waals surface area contributed by atoms with Gasteiger partial charge in [0.05, 0.1) is 0 Å². The molecule has 0 aromatic heterocycles. The summed E-state index contributed by atoms with van der Waals surface area (Å²) in [4.78, 5) is 26.3. The average molecular weight is 322 g/mol. The number of nitrogens with one attached hydrogen (secondary N) is 1. The second-order valence-electron chi connectivity index (χ2n) is 5.38. The van der Waals surface area contributed by atoms with E-state index >= 15 is 0 Å². The summed E-state index contributed by atoms with van der Waals surface area (Å²) in [5, 5.41) is 2.71. The van der Waals surface area contributed by atoms with Gasteiger partial charge in [-0.25, -0.2) is 0 Å². The fourth-order valence-electron chi connectivity index (χ4n) is 2.34. The van der Waals surface area contributed by atoms with Crippen LogP contribution < -0.4 is 5.32 Å². The fourth-order valence-corrected chi connectivity index (χ4v) is 2.34. The number of carbonyl (C=O) groups is 2. The second kappa shape index (κ2) is 8.67. The van der Waals surface area contributed by atoms with E-state index in [2.05, 4.69) is 11.9 Å². The first-order valence-corrected chi connectivity index (χ1v) is 7.98. The number of rotatable bonds is 7. The lowest BCUT2D eigenvalue weighted by atomic mass is 10.1. The summed E-state index contributed by atoms with van der Waals surface area (Å²) in [5.41, 5.74) is 2.20. The van der Waals surface area contributed by atoms with Crippen LogP contribution in [0.4, 0.5) is 0 Å². The molecular weight excluding hydrogens is 300 g/mol. The molecule has 0 unspecified atom stereocenters. The van der Waals surface area contributed by atoms with Gasteiger partial charge in [-0.05, 0) is 36.8 Å². The molecule has 4 heteroatoms. The van der Waals surface area contributed by atoms with Gasteiger partial charge in [-0.15, -0.1) is 6.58 Å². The van der Waals surface area contributed by atoms with Gasteiger partial charge in [-0.1, -0.05) is 36.4 Å². The number of hydrogen-bond donors (Lipinski definition) is 1. The molecule has 0 aliphatic carbocycles. The lowest BCUT2D eigenvalue weighted by Crippen LogP contribution is -2.30. The van der Waals surface area contributed by atoms with E-state index in [9.17, 15) is 9.59 Å². The highest BCUT2D eigenvalue weighted by molar-refractivity contribution is 5.97. The van der Waals surface area contributed by atoms with Crippen molar-refractivity contribution >= 4 is 11.8 Å². The molecular formula is C20H22N2O2. The smallest absolute Gasteiger partial charge is 0.254 e. The van der Waals surface area contributed by atoms with Gasteiger partial charge in [0.25, 0.3) is 11.8 Å². The summed E-state index contributed by atoms with van der Waals surface area (Å²) in [6.45, 7) is 7.12. The zero-order valence-electron chi connectivity index (χ0n) is 13.9. The molecule has 24 heavy (non-hydrogen) atoms. The summed E-state index contributed by atoms with van der Waals surface area (Å²) in [6.07, 6.45) is 1.62. The standard InChI is InChI=1S/C20H22N2O2/c1-3-14-21-19(23)17-10-12-18(13-11-17)20(24)22(4-2)15-16-8-6-5-7-9-16/h3,5-13H,1,4,14-15H2,2H3,(H,21,23). The maximum Gasteiger partial charge on any atom is 0.254 e.